The van der Waals surface area contributed by atoms with Gasteiger partial charge >= 0.3 is 0 Å². The lowest BCUT2D eigenvalue weighted by Gasteiger charge is -2.05. The molecule has 18 heavy (non-hydrogen) atoms. The number of ether oxygens (including phenoxy) is 1. The molecule has 0 spiro atoms. The highest BCUT2D eigenvalue weighted by atomic mass is 35.5. The Morgan fingerprint density at radius 2 is 1.67 bits per heavy atom. The second-order valence-corrected chi connectivity index (χ2v) is 4.45. The third-order valence-electron chi connectivity index (χ3n) is 2.73. The van der Waals surface area contributed by atoms with Crippen molar-refractivity contribution in [2.45, 2.75) is 19.8 Å². The van der Waals surface area contributed by atoms with Crippen LogP contribution in [0.25, 0.3) is 0 Å². The van der Waals surface area contributed by atoms with Crippen LogP contribution in [-0.4, -0.2) is 11.6 Å². The molecule has 1 aromatic heterocycles. The van der Waals surface area contributed by atoms with Gasteiger partial charge in [0.1, 0.15) is 10.9 Å². The van der Waals surface area contributed by atoms with Crippen LogP contribution in [0.1, 0.15) is 18.1 Å². The molecule has 2 nitrogen and oxygen atoms in total. The molecule has 2 rings (SSSR count). The van der Waals surface area contributed by atoms with Gasteiger partial charge in [0.05, 0.1) is 6.61 Å². The number of aryl methyl sites for hydroxylation is 2. The van der Waals surface area contributed by atoms with Crippen molar-refractivity contribution in [3.8, 4) is 5.75 Å². The van der Waals surface area contributed by atoms with Gasteiger partial charge in [-0.05, 0) is 49.1 Å². The number of aromatic nitrogens is 1. The molecule has 0 N–H and O–H groups in total. The molecule has 0 saturated heterocycles. The van der Waals surface area contributed by atoms with Gasteiger partial charge in [-0.2, -0.15) is 0 Å². The van der Waals surface area contributed by atoms with Crippen molar-refractivity contribution in [1.29, 1.82) is 0 Å². The number of hydrogen-bond acceptors (Lipinski definition) is 2. The number of pyridine rings is 1. The SMILES string of the molecule is CCOc1ccc(CCc2ccc(Cl)nc2)cc1. The smallest absolute Gasteiger partial charge is 0.129 e. The lowest BCUT2D eigenvalue weighted by Crippen LogP contribution is -1.94. The summed E-state index contributed by atoms with van der Waals surface area (Å²) < 4.78 is 5.41. The average Bonchev–Trinajstić information content (AvgIpc) is 2.40. The third-order valence-corrected chi connectivity index (χ3v) is 2.95. The molecule has 3 heteroatoms. The highest BCUT2D eigenvalue weighted by Gasteiger charge is 1.98. The van der Waals surface area contributed by atoms with Crippen LogP contribution in [0.3, 0.4) is 0 Å². The average molecular weight is 262 g/mol. The van der Waals surface area contributed by atoms with E-state index in [-0.39, 0.29) is 0 Å². The molecule has 0 unspecified atom stereocenters. The van der Waals surface area contributed by atoms with Gasteiger partial charge in [0.15, 0.2) is 0 Å². The number of nitrogens with zero attached hydrogens (tertiary/aromatic N) is 1. The predicted octanol–water partition coefficient (Wildman–Crippen LogP) is 3.92. The van der Waals surface area contributed by atoms with E-state index in [1.165, 1.54) is 11.1 Å². The Morgan fingerprint density at radius 3 is 2.28 bits per heavy atom. The van der Waals surface area contributed by atoms with Gasteiger partial charge in [-0.3, -0.25) is 0 Å². The molecule has 0 aliphatic heterocycles. The van der Waals surface area contributed by atoms with Gasteiger partial charge in [0.25, 0.3) is 0 Å². The first kappa shape index (κ1) is 12.9. The zero-order valence-electron chi connectivity index (χ0n) is 10.4. The van der Waals surface area contributed by atoms with E-state index >= 15 is 0 Å². The molecule has 0 radical (unpaired) electrons. The van der Waals surface area contributed by atoms with Crippen molar-refractivity contribution in [3.63, 3.8) is 0 Å². The Morgan fingerprint density at radius 1 is 1.00 bits per heavy atom. The van der Waals surface area contributed by atoms with Crippen molar-refractivity contribution in [2.75, 3.05) is 6.61 Å². The first-order chi connectivity index (χ1) is 8.78. The molecule has 0 bridgehead atoms. The van der Waals surface area contributed by atoms with Crippen LogP contribution < -0.4 is 4.74 Å². The van der Waals surface area contributed by atoms with E-state index < -0.39 is 0 Å². The van der Waals surface area contributed by atoms with Crippen LogP contribution in [0.5, 0.6) is 5.75 Å². The first-order valence-corrected chi connectivity index (χ1v) is 6.48. The summed E-state index contributed by atoms with van der Waals surface area (Å²) in [4.78, 5) is 4.08. The number of rotatable bonds is 5. The van der Waals surface area contributed by atoms with Crippen molar-refractivity contribution >= 4 is 11.6 Å². The van der Waals surface area contributed by atoms with Gasteiger partial charge in [-0.1, -0.05) is 29.8 Å². The zero-order chi connectivity index (χ0) is 12.8. The standard InChI is InChI=1S/C15H16ClNO/c1-2-18-14-8-5-12(6-9-14)3-4-13-7-10-15(16)17-11-13/h5-11H,2-4H2,1H3. The summed E-state index contributed by atoms with van der Waals surface area (Å²) in [7, 11) is 0. The summed E-state index contributed by atoms with van der Waals surface area (Å²) in [6, 6.07) is 12.1. The largest absolute Gasteiger partial charge is 0.494 e. The molecule has 0 aliphatic carbocycles. The fourth-order valence-electron chi connectivity index (χ4n) is 1.76. The second-order valence-electron chi connectivity index (χ2n) is 4.07. The van der Waals surface area contributed by atoms with Gasteiger partial charge < -0.3 is 4.74 Å². The molecular weight excluding hydrogens is 246 g/mol. The van der Waals surface area contributed by atoms with E-state index in [0.717, 1.165) is 18.6 Å². The van der Waals surface area contributed by atoms with E-state index in [1.54, 1.807) is 0 Å². The number of halogens is 1. The number of hydrogen-bond donors (Lipinski definition) is 0. The molecular formula is C15H16ClNO. The molecule has 1 heterocycles. The Kier molecular flexibility index (Phi) is 4.59. The normalized spacial score (nSPS) is 10.3. The topological polar surface area (TPSA) is 22.1 Å². The third kappa shape index (κ3) is 3.74. The van der Waals surface area contributed by atoms with E-state index in [1.807, 2.05) is 37.4 Å². The van der Waals surface area contributed by atoms with Crippen LogP contribution in [0.15, 0.2) is 42.6 Å². The monoisotopic (exact) mass is 261 g/mol. The van der Waals surface area contributed by atoms with Gasteiger partial charge in [0.2, 0.25) is 0 Å². The minimum Gasteiger partial charge on any atom is -0.494 e. The molecule has 2 aromatic rings. The number of benzene rings is 1. The van der Waals surface area contributed by atoms with E-state index in [2.05, 4.69) is 17.1 Å². The van der Waals surface area contributed by atoms with Gasteiger partial charge in [0, 0.05) is 6.20 Å². The van der Waals surface area contributed by atoms with Crippen LogP contribution >= 0.6 is 11.6 Å². The summed E-state index contributed by atoms with van der Waals surface area (Å²) in [6.07, 6.45) is 3.80. The molecule has 0 atom stereocenters. The van der Waals surface area contributed by atoms with Gasteiger partial charge in [-0.15, -0.1) is 0 Å². The summed E-state index contributed by atoms with van der Waals surface area (Å²) in [5.74, 6) is 0.925. The maximum Gasteiger partial charge on any atom is 0.129 e. The summed E-state index contributed by atoms with van der Waals surface area (Å²) in [5.41, 5.74) is 2.50. The second kappa shape index (κ2) is 6.41. The summed E-state index contributed by atoms with van der Waals surface area (Å²) in [6.45, 7) is 2.69. The lowest BCUT2D eigenvalue weighted by molar-refractivity contribution is 0.340. The maximum atomic E-state index is 5.75. The fourth-order valence-corrected chi connectivity index (χ4v) is 1.87. The quantitative estimate of drug-likeness (QED) is 0.761. The fraction of sp³-hybridized carbons (Fsp3) is 0.267. The van der Waals surface area contributed by atoms with Crippen molar-refractivity contribution < 1.29 is 4.74 Å². The minimum atomic E-state index is 0.541. The Balaban J connectivity index is 1.91. The lowest BCUT2D eigenvalue weighted by atomic mass is 10.1. The summed E-state index contributed by atoms with van der Waals surface area (Å²) >= 11 is 5.75. The zero-order valence-corrected chi connectivity index (χ0v) is 11.2. The van der Waals surface area contributed by atoms with Crippen molar-refractivity contribution in [1.82, 2.24) is 4.98 Å². The van der Waals surface area contributed by atoms with Crippen molar-refractivity contribution in [3.05, 3.63) is 58.9 Å². The summed E-state index contributed by atoms with van der Waals surface area (Å²) in [5, 5.41) is 0.541. The Bertz CT molecular complexity index is 479. The highest BCUT2D eigenvalue weighted by molar-refractivity contribution is 6.29. The van der Waals surface area contributed by atoms with Gasteiger partial charge in [-0.25, -0.2) is 4.98 Å². The first-order valence-electron chi connectivity index (χ1n) is 6.10. The van der Waals surface area contributed by atoms with Crippen LogP contribution in [0, 0.1) is 0 Å². The molecule has 0 amide bonds. The van der Waals surface area contributed by atoms with Crippen LogP contribution in [0.4, 0.5) is 0 Å². The molecule has 0 fully saturated rings. The molecule has 94 valence electrons. The van der Waals surface area contributed by atoms with Crippen LogP contribution in [0.2, 0.25) is 5.15 Å². The van der Waals surface area contributed by atoms with E-state index in [4.69, 9.17) is 16.3 Å². The molecule has 0 aliphatic rings. The Hall–Kier alpha value is -1.54. The Labute approximate surface area is 113 Å². The van der Waals surface area contributed by atoms with Crippen LogP contribution in [-0.2, 0) is 12.8 Å². The highest BCUT2D eigenvalue weighted by Crippen LogP contribution is 2.14. The minimum absolute atomic E-state index is 0.541. The predicted molar refractivity (Wildman–Crippen MR) is 74.3 cm³/mol. The molecule has 0 saturated carbocycles. The van der Waals surface area contributed by atoms with Crippen molar-refractivity contribution in [2.24, 2.45) is 0 Å². The van der Waals surface area contributed by atoms with E-state index in [9.17, 15) is 0 Å². The van der Waals surface area contributed by atoms with E-state index in [0.29, 0.717) is 11.8 Å². The molecule has 1 aromatic carbocycles. The maximum absolute atomic E-state index is 5.75.